The lowest BCUT2D eigenvalue weighted by atomic mass is 9.87. The zero-order chi connectivity index (χ0) is 15.5. The van der Waals surface area contributed by atoms with E-state index < -0.39 is 17.7 Å². The Bertz CT molecular complexity index is 623. The van der Waals surface area contributed by atoms with Gasteiger partial charge < -0.3 is 10.5 Å². The molecule has 0 fully saturated rings. The second-order valence-corrected chi connectivity index (χ2v) is 4.67. The number of carbonyl (C=O) groups is 1. The summed E-state index contributed by atoms with van der Waals surface area (Å²) in [6.45, 7) is 0. The predicted octanol–water partition coefficient (Wildman–Crippen LogP) is 4.01. The van der Waals surface area contributed by atoms with Gasteiger partial charge in [-0.05, 0) is 17.2 Å². The number of benzene rings is 2. The Morgan fingerprint density at radius 2 is 1.71 bits per heavy atom. The summed E-state index contributed by atoms with van der Waals surface area (Å²) in [6.07, 6.45) is -3.74. The standard InChI is InChI=1S/C16H14F3NO/c17-16(18,19)14-8-4-7-13(15(14)20)12(9-10-21)11-5-2-1-3-6-11/h1-8,10,12H,9,20H2. The van der Waals surface area contributed by atoms with Gasteiger partial charge in [0.15, 0.2) is 0 Å². The predicted molar refractivity (Wildman–Crippen MR) is 74.8 cm³/mol. The number of hydrogen-bond acceptors (Lipinski definition) is 2. The molecule has 0 aliphatic heterocycles. The Morgan fingerprint density at radius 3 is 2.29 bits per heavy atom. The van der Waals surface area contributed by atoms with Crippen LogP contribution in [0.1, 0.15) is 29.0 Å². The van der Waals surface area contributed by atoms with Gasteiger partial charge in [0, 0.05) is 18.0 Å². The van der Waals surface area contributed by atoms with Gasteiger partial charge in [0.1, 0.15) is 6.29 Å². The highest BCUT2D eigenvalue weighted by atomic mass is 19.4. The maximum atomic E-state index is 12.9. The number of para-hydroxylation sites is 1. The van der Waals surface area contributed by atoms with E-state index >= 15 is 0 Å². The summed E-state index contributed by atoms with van der Waals surface area (Å²) in [6, 6.07) is 12.7. The van der Waals surface area contributed by atoms with Crippen molar-refractivity contribution >= 4 is 12.0 Å². The van der Waals surface area contributed by atoms with Crippen LogP contribution in [0.5, 0.6) is 0 Å². The van der Waals surface area contributed by atoms with Crippen molar-refractivity contribution in [2.24, 2.45) is 0 Å². The third kappa shape index (κ3) is 3.24. The minimum Gasteiger partial charge on any atom is -0.398 e. The number of aldehydes is 1. The first-order valence-electron chi connectivity index (χ1n) is 6.39. The third-order valence-electron chi connectivity index (χ3n) is 3.35. The fourth-order valence-electron chi connectivity index (χ4n) is 2.36. The Labute approximate surface area is 120 Å². The van der Waals surface area contributed by atoms with Crippen LogP contribution in [0, 0.1) is 0 Å². The molecule has 2 N–H and O–H groups in total. The van der Waals surface area contributed by atoms with Crippen molar-refractivity contribution in [1.29, 1.82) is 0 Å². The molecule has 2 aromatic carbocycles. The van der Waals surface area contributed by atoms with Crippen molar-refractivity contribution < 1.29 is 18.0 Å². The van der Waals surface area contributed by atoms with Crippen LogP contribution < -0.4 is 5.73 Å². The molecule has 1 atom stereocenters. The molecule has 0 amide bonds. The molecule has 21 heavy (non-hydrogen) atoms. The fourth-order valence-corrected chi connectivity index (χ4v) is 2.36. The number of halogens is 3. The van der Waals surface area contributed by atoms with E-state index in [2.05, 4.69) is 0 Å². The number of hydrogen-bond donors (Lipinski definition) is 1. The second-order valence-electron chi connectivity index (χ2n) is 4.67. The monoisotopic (exact) mass is 293 g/mol. The maximum absolute atomic E-state index is 12.9. The van der Waals surface area contributed by atoms with E-state index in [1.54, 1.807) is 30.3 Å². The topological polar surface area (TPSA) is 43.1 Å². The summed E-state index contributed by atoms with van der Waals surface area (Å²) in [5.41, 5.74) is 5.60. The first kappa shape index (κ1) is 15.1. The minimum atomic E-state index is -4.51. The van der Waals surface area contributed by atoms with Gasteiger partial charge in [-0.2, -0.15) is 13.2 Å². The normalized spacial score (nSPS) is 12.9. The lowest BCUT2D eigenvalue weighted by Crippen LogP contribution is -2.13. The highest BCUT2D eigenvalue weighted by molar-refractivity contribution is 5.62. The van der Waals surface area contributed by atoms with Crippen molar-refractivity contribution in [3.63, 3.8) is 0 Å². The average molecular weight is 293 g/mol. The van der Waals surface area contributed by atoms with Gasteiger partial charge in [-0.3, -0.25) is 0 Å². The van der Waals surface area contributed by atoms with Crippen molar-refractivity contribution in [2.45, 2.75) is 18.5 Å². The van der Waals surface area contributed by atoms with Gasteiger partial charge in [-0.15, -0.1) is 0 Å². The SMILES string of the molecule is Nc1c(C(CC=O)c2ccccc2)cccc1C(F)(F)F. The number of nitrogens with two attached hydrogens (primary N) is 1. The van der Waals surface area contributed by atoms with Crippen LogP contribution in [-0.2, 0) is 11.0 Å². The zero-order valence-electron chi connectivity index (χ0n) is 11.1. The summed E-state index contributed by atoms with van der Waals surface area (Å²) < 4.78 is 38.8. The van der Waals surface area contributed by atoms with Crippen LogP contribution in [0.15, 0.2) is 48.5 Å². The Balaban J connectivity index is 2.54. The first-order valence-corrected chi connectivity index (χ1v) is 6.39. The van der Waals surface area contributed by atoms with E-state index in [0.29, 0.717) is 11.8 Å². The van der Waals surface area contributed by atoms with Crippen molar-refractivity contribution in [1.82, 2.24) is 0 Å². The second kappa shape index (κ2) is 5.99. The van der Waals surface area contributed by atoms with E-state index in [4.69, 9.17) is 5.73 Å². The smallest absolute Gasteiger partial charge is 0.398 e. The molecule has 0 aliphatic rings. The highest BCUT2D eigenvalue weighted by Crippen LogP contribution is 2.39. The molecule has 0 heterocycles. The number of carbonyl (C=O) groups excluding carboxylic acids is 1. The molecule has 0 radical (unpaired) electrons. The van der Waals surface area contributed by atoms with Crippen LogP contribution in [0.2, 0.25) is 0 Å². The zero-order valence-corrected chi connectivity index (χ0v) is 11.1. The fraction of sp³-hybridized carbons (Fsp3) is 0.188. The minimum absolute atomic E-state index is 0.0789. The van der Waals surface area contributed by atoms with E-state index in [1.807, 2.05) is 0 Å². The van der Waals surface area contributed by atoms with Crippen LogP contribution in [0.4, 0.5) is 18.9 Å². The number of alkyl halides is 3. The van der Waals surface area contributed by atoms with E-state index in [0.717, 1.165) is 11.6 Å². The van der Waals surface area contributed by atoms with Crippen molar-refractivity contribution in [2.75, 3.05) is 5.73 Å². The van der Waals surface area contributed by atoms with E-state index in [1.165, 1.54) is 12.1 Å². The van der Waals surface area contributed by atoms with E-state index in [-0.39, 0.29) is 12.1 Å². The number of anilines is 1. The van der Waals surface area contributed by atoms with Gasteiger partial charge >= 0.3 is 6.18 Å². The summed E-state index contributed by atoms with van der Waals surface area (Å²) in [5.74, 6) is -0.481. The average Bonchev–Trinajstić information content (AvgIpc) is 2.45. The maximum Gasteiger partial charge on any atom is 0.418 e. The van der Waals surface area contributed by atoms with Crippen molar-refractivity contribution in [3.8, 4) is 0 Å². The molecule has 0 spiro atoms. The summed E-state index contributed by atoms with van der Waals surface area (Å²) in [5, 5.41) is 0. The molecule has 0 saturated carbocycles. The molecule has 0 saturated heterocycles. The molecular formula is C16H14F3NO. The van der Waals surface area contributed by atoms with Gasteiger partial charge in [0.2, 0.25) is 0 Å². The Hall–Kier alpha value is -2.30. The first-order chi connectivity index (χ1) is 9.95. The quantitative estimate of drug-likeness (QED) is 0.683. The number of nitrogen functional groups attached to an aromatic ring is 1. The van der Waals surface area contributed by atoms with Crippen LogP contribution >= 0.6 is 0 Å². The van der Waals surface area contributed by atoms with Crippen molar-refractivity contribution in [3.05, 3.63) is 65.2 Å². The van der Waals surface area contributed by atoms with Gasteiger partial charge in [-0.1, -0.05) is 42.5 Å². The molecule has 2 aromatic rings. The molecule has 0 aromatic heterocycles. The van der Waals surface area contributed by atoms with E-state index in [9.17, 15) is 18.0 Å². The molecule has 2 nitrogen and oxygen atoms in total. The van der Waals surface area contributed by atoms with Gasteiger partial charge in [0.05, 0.1) is 5.56 Å². The largest absolute Gasteiger partial charge is 0.418 e. The summed E-state index contributed by atoms with van der Waals surface area (Å²) in [4.78, 5) is 10.9. The molecule has 0 bridgehead atoms. The van der Waals surface area contributed by atoms with Crippen LogP contribution in [0.25, 0.3) is 0 Å². The van der Waals surface area contributed by atoms with Crippen LogP contribution in [0.3, 0.4) is 0 Å². The summed E-state index contributed by atoms with van der Waals surface area (Å²) in [7, 11) is 0. The van der Waals surface area contributed by atoms with Gasteiger partial charge in [0.25, 0.3) is 0 Å². The highest BCUT2D eigenvalue weighted by Gasteiger charge is 2.34. The number of rotatable bonds is 4. The van der Waals surface area contributed by atoms with Gasteiger partial charge in [-0.25, -0.2) is 0 Å². The lowest BCUT2D eigenvalue weighted by molar-refractivity contribution is -0.136. The molecule has 0 aliphatic carbocycles. The summed E-state index contributed by atoms with van der Waals surface area (Å²) >= 11 is 0. The molecule has 110 valence electrons. The Morgan fingerprint density at radius 1 is 1.05 bits per heavy atom. The van der Waals surface area contributed by atoms with Crippen LogP contribution in [-0.4, -0.2) is 6.29 Å². The molecule has 1 unspecified atom stereocenters. The molecule has 5 heteroatoms. The molecule has 2 rings (SSSR count). The third-order valence-corrected chi connectivity index (χ3v) is 3.35. The molecular weight excluding hydrogens is 279 g/mol. The lowest BCUT2D eigenvalue weighted by Gasteiger charge is -2.20. The Kier molecular flexibility index (Phi) is 4.31.